The summed E-state index contributed by atoms with van der Waals surface area (Å²) in [6.07, 6.45) is 3.83. The largest absolute Gasteiger partial charge is 0.341 e. The number of nitrogens with one attached hydrogen (secondary N) is 1. The van der Waals surface area contributed by atoms with Crippen LogP contribution in [0.2, 0.25) is 0 Å². The van der Waals surface area contributed by atoms with E-state index in [1.807, 2.05) is 0 Å². The molecule has 1 aliphatic carbocycles. The first-order valence-corrected chi connectivity index (χ1v) is 9.29. The molecule has 0 aromatic heterocycles. The molecule has 3 N–H and O–H groups in total. The number of piperidine rings is 1. The van der Waals surface area contributed by atoms with Crippen molar-refractivity contribution in [2.45, 2.75) is 64.5 Å². The number of carbonyl (C=O) groups excluding carboxylic acids is 3. The molecular weight excluding hydrogens is 320 g/mol. The first-order chi connectivity index (χ1) is 11.6. The van der Waals surface area contributed by atoms with Gasteiger partial charge in [-0.2, -0.15) is 0 Å². The van der Waals surface area contributed by atoms with Crippen molar-refractivity contribution in [2.24, 2.45) is 17.1 Å². The molecule has 7 nitrogen and oxygen atoms in total. The highest BCUT2D eigenvalue weighted by Crippen LogP contribution is 2.46. The molecular formula is C18H30N4O3. The summed E-state index contributed by atoms with van der Waals surface area (Å²) in [5, 5.41) is 2.92. The van der Waals surface area contributed by atoms with Gasteiger partial charge < -0.3 is 16.0 Å². The van der Waals surface area contributed by atoms with E-state index in [1.54, 1.807) is 4.90 Å². The molecule has 3 aliphatic rings. The number of hydrogen-bond donors (Lipinski definition) is 2. The second kappa shape index (κ2) is 6.27. The van der Waals surface area contributed by atoms with E-state index >= 15 is 0 Å². The molecule has 2 saturated heterocycles. The monoisotopic (exact) mass is 350 g/mol. The number of nitrogens with zero attached hydrogens (tertiary/aromatic N) is 2. The number of carbonyl (C=O) groups is 3. The van der Waals surface area contributed by atoms with Crippen LogP contribution in [0, 0.1) is 11.3 Å². The van der Waals surface area contributed by atoms with Gasteiger partial charge in [-0.05, 0) is 43.4 Å². The molecule has 4 amide bonds. The Morgan fingerprint density at radius 3 is 2.48 bits per heavy atom. The number of hydrogen-bond acceptors (Lipinski definition) is 4. The summed E-state index contributed by atoms with van der Waals surface area (Å²) < 4.78 is 0. The molecule has 0 aromatic carbocycles. The topological polar surface area (TPSA) is 95.7 Å². The van der Waals surface area contributed by atoms with E-state index in [0.717, 1.165) is 24.2 Å². The van der Waals surface area contributed by atoms with Crippen LogP contribution in [-0.4, -0.2) is 58.9 Å². The minimum absolute atomic E-state index is 0.0103. The first kappa shape index (κ1) is 18.2. The average molecular weight is 350 g/mol. The highest BCUT2D eigenvalue weighted by Gasteiger charge is 2.56. The van der Waals surface area contributed by atoms with Crippen molar-refractivity contribution < 1.29 is 14.4 Å². The Morgan fingerprint density at radius 1 is 1.24 bits per heavy atom. The quantitative estimate of drug-likeness (QED) is 0.728. The Hall–Kier alpha value is -1.63. The molecule has 3 fully saturated rings. The van der Waals surface area contributed by atoms with Crippen LogP contribution >= 0.6 is 0 Å². The third kappa shape index (κ3) is 3.52. The highest BCUT2D eigenvalue weighted by atomic mass is 16.2. The summed E-state index contributed by atoms with van der Waals surface area (Å²) in [7, 11) is 0. The fourth-order valence-corrected chi connectivity index (χ4v) is 5.03. The summed E-state index contributed by atoms with van der Waals surface area (Å²) in [5.41, 5.74) is 5.02. The van der Waals surface area contributed by atoms with E-state index < -0.39 is 11.6 Å². The van der Waals surface area contributed by atoms with Crippen molar-refractivity contribution in [3.8, 4) is 0 Å². The van der Waals surface area contributed by atoms with Gasteiger partial charge in [0.1, 0.15) is 12.1 Å². The van der Waals surface area contributed by atoms with Crippen LogP contribution in [0.25, 0.3) is 0 Å². The number of urea groups is 1. The Bertz CT molecular complexity index is 583. The maximum Gasteiger partial charge on any atom is 0.325 e. The molecule has 2 aliphatic heterocycles. The lowest BCUT2D eigenvalue weighted by Gasteiger charge is -2.43. The van der Waals surface area contributed by atoms with Gasteiger partial charge in [0.05, 0.1) is 0 Å². The third-order valence-corrected chi connectivity index (χ3v) is 5.81. The zero-order valence-electron chi connectivity index (χ0n) is 15.5. The van der Waals surface area contributed by atoms with Crippen LogP contribution in [0.3, 0.4) is 0 Å². The predicted molar refractivity (Wildman–Crippen MR) is 93.6 cm³/mol. The van der Waals surface area contributed by atoms with Crippen LogP contribution in [0.1, 0.15) is 52.9 Å². The fraction of sp³-hybridized carbons (Fsp3) is 0.833. The van der Waals surface area contributed by atoms with Gasteiger partial charge in [-0.3, -0.25) is 14.5 Å². The van der Waals surface area contributed by atoms with Crippen LogP contribution in [0.5, 0.6) is 0 Å². The molecule has 1 saturated carbocycles. The minimum atomic E-state index is -0.844. The minimum Gasteiger partial charge on any atom is -0.341 e. The number of amides is 4. The summed E-state index contributed by atoms with van der Waals surface area (Å²) in [6, 6.07) is -0.299. The zero-order chi connectivity index (χ0) is 18.4. The van der Waals surface area contributed by atoms with Gasteiger partial charge in [-0.25, -0.2) is 4.79 Å². The molecule has 7 heteroatoms. The van der Waals surface area contributed by atoms with Gasteiger partial charge in [-0.1, -0.05) is 20.8 Å². The number of nitrogens with two attached hydrogens (primary N) is 1. The van der Waals surface area contributed by atoms with Gasteiger partial charge in [0.2, 0.25) is 5.91 Å². The Morgan fingerprint density at radius 2 is 1.88 bits per heavy atom. The standard InChI is InChI=1S/C18H30N4O3/c1-12-8-17(2,3)11-18(9-12)15(24)22(16(25)20-18)10-14(23)21-6-4-13(19)5-7-21/h12-13H,4-11,19H2,1-3H3,(H,20,25). The summed E-state index contributed by atoms with van der Waals surface area (Å²) in [6.45, 7) is 7.41. The van der Waals surface area contributed by atoms with Crippen molar-refractivity contribution >= 4 is 17.8 Å². The smallest absolute Gasteiger partial charge is 0.325 e. The van der Waals surface area contributed by atoms with Crippen molar-refractivity contribution in [3.63, 3.8) is 0 Å². The third-order valence-electron chi connectivity index (χ3n) is 5.81. The molecule has 2 heterocycles. The van der Waals surface area contributed by atoms with Crippen LogP contribution < -0.4 is 11.1 Å². The first-order valence-electron chi connectivity index (χ1n) is 9.29. The normalized spacial score (nSPS) is 33.0. The van der Waals surface area contributed by atoms with Gasteiger partial charge in [-0.15, -0.1) is 0 Å². The van der Waals surface area contributed by atoms with Crippen molar-refractivity contribution in [1.82, 2.24) is 15.1 Å². The van der Waals surface area contributed by atoms with Crippen LogP contribution in [0.4, 0.5) is 4.79 Å². The number of imide groups is 1. The molecule has 0 bridgehead atoms. The maximum atomic E-state index is 13.0. The maximum absolute atomic E-state index is 13.0. The van der Waals surface area contributed by atoms with Crippen LogP contribution in [-0.2, 0) is 9.59 Å². The molecule has 140 valence electrons. The molecule has 2 atom stereocenters. The zero-order valence-corrected chi connectivity index (χ0v) is 15.5. The second-order valence-corrected chi connectivity index (χ2v) is 8.98. The fourth-order valence-electron chi connectivity index (χ4n) is 5.03. The molecule has 0 aromatic rings. The van der Waals surface area contributed by atoms with Gasteiger partial charge >= 0.3 is 6.03 Å². The number of likely N-dealkylation sites (tertiary alicyclic amines) is 1. The lowest BCUT2D eigenvalue weighted by atomic mass is 9.64. The Labute approximate surface area is 149 Å². The summed E-state index contributed by atoms with van der Waals surface area (Å²) in [5.74, 6) is -0.0537. The SMILES string of the molecule is CC1CC(C)(C)CC2(C1)NC(=O)N(CC(=O)N1CCC(N)CC1)C2=O. The summed E-state index contributed by atoms with van der Waals surface area (Å²) >= 11 is 0. The predicted octanol–water partition coefficient (Wildman–Crippen LogP) is 1.07. The van der Waals surface area contributed by atoms with Crippen molar-refractivity contribution in [2.75, 3.05) is 19.6 Å². The highest BCUT2D eigenvalue weighted by molar-refractivity contribution is 6.09. The average Bonchev–Trinajstić information content (AvgIpc) is 2.69. The van der Waals surface area contributed by atoms with Gasteiger partial charge in [0, 0.05) is 19.1 Å². The van der Waals surface area contributed by atoms with E-state index in [4.69, 9.17) is 5.73 Å². The molecule has 1 spiro atoms. The number of rotatable bonds is 2. The Balaban J connectivity index is 1.70. The van der Waals surface area contributed by atoms with E-state index in [1.165, 1.54) is 0 Å². The van der Waals surface area contributed by atoms with E-state index in [-0.39, 0.29) is 29.8 Å². The van der Waals surface area contributed by atoms with E-state index in [9.17, 15) is 14.4 Å². The van der Waals surface area contributed by atoms with Crippen molar-refractivity contribution in [1.29, 1.82) is 0 Å². The molecule has 3 rings (SSSR count). The summed E-state index contributed by atoms with van der Waals surface area (Å²) in [4.78, 5) is 40.9. The molecule has 25 heavy (non-hydrogen) atoms. The Kier molecular flexibility index (Phi) is 4.56. The molecule has 0 radical (unpaired) electrons. The van der Waals surface area contributed by atoms with Gasteiger partial charge in [0.15, 0.2) is 0 Å². The van der Waals surface area contributed by atoms with E-state index in [2.05, 4.69) is 26.1 Å². The second-order valence-electron chi connectivity index (χ2n) is 8.98. The lowest BCUT2D eigenvalue weighted by molar-refractivity contribution is -0.141. The van der Waals surface area contributed by atoms with Gasteiger partial charge in [0.25, 0.3) is 5.91 Å². The van der Waals surface area contributed by atoms with Crippen LogP contribution in [0.15, 0.2) is 0 Å². The lowest BCUT2D eigenvalue weighted by Crippen LogP contribution is -2.54. The molecule has 2 unspecified atom stereocenters. The van der Waals surface area contributed by atoms with E-state index in [0.29, 0.717) is 31.8 Å². The van der Waals surface area contributed by atoms with Crippen molar-refractivity contribution in [3.05, 3.63) is 0 Å².